The van der Waals surface area contributed by atoms with Crippen LogP contribution in [-0.2, 0) is 6.42 Å². The third kappa shape index (κ3) is 3.74. The fourth-order valence-corrected chi connectivity index (χ4v) is 1.62. The smallest absolute Gasteiger partial charge is 0.274 e. The molecule has 0 spiro atoms. The molecule has 0 fully saturated rings. The first-order chi connectivity index (χ1) is 9.15. The van der Waals surface area contributed by atoms with E-state index in [0.29, 0.717) is 18.8 Å². The van der Waals surface area contributed by atoms with Gasteiger partial charge < -0.3 is 5.32 Å². The highest BCUT2D eigenvalue weighted by Crippen LogP contribution is 2.14. The van der Waals surface area contributed by atoms with Crippen molar-refractivity contribution in [1.29, 1.82) is 0 Å². The minimum atomic E-state index is -0.465. The summed E-state index contributed by atoms with van der Waals surface area (Å²) in [5, 5.41) is 13.6. The summed E-state index contributed by atoms with van der Waals surface area (Å²) in [4.78, 5) is 14.1. The molecule has 0 aliphatic heterocycles. The van der Waals surface area contributed by atoms with E-state index in [1.165, 1.54) is 30.5 Å². The van der Waals surface area contributed by atoms with Crippen LogP contribution in [0.5, 0.6) is 0 Å². The quantitative estimate of drug-likeness (QED) is 0.663. The van der Waals surface area contributed by atoms with E-state index in [-0.39, 0.29) is 11.5 Å². The van der Waals surface area contributed by atoms with E-state index in [1.807, 2.05) is 0 Å². The first kappa shape index (κ1) is 12.9. The standard InChI is InChI=1S/C13H12FN3O2/c14-11-3-1-10(2-4-11)5-7-15-13-9-12(17(18)19)6-8-16-13/h1-4,6,8-9H,5,7H2,(H,15,16). The van der Waals surface area contributed by atoms with Crippen molar-refractivity contribution < 1.29 is 9.31 Å². The average Bonchev–Trinajstić information content (AvgIpc) is 2.41. The Balaban J connectivity index is 1.90. The molecule has 0 saturated carbocycles. The van der Waals surface area contributed by atoms with Gasteiger partial charge in [0.1, 0.15) is 11.6 Å². The number of anilines is 1. The summed E-state index contributed by atoms with van der Waals surface area (Å²) >= 11 is 0. The van der Waals surface area contributed by atoms with Gasteiger partial charge in [-0.1, -0.05) is 12.1 Å². The molecule has 0 unspecified atom stereocenters. The van der Waals surface area contributed by atoms with Crippen LogP contribution >= 0.6 is 0 Å². The number of nitrogens with one attached hydrogen (secondary N) is 1. The van der Waals surface area contributed by atoms with Crippen LogP contribution in [0, 0.1) is 15.9 Å². The normalized spacial score (nSPS) is 10.2. The number of nitrogens with zero attached hydrogens (tertiary/aromatic N) is 2. The summed E-state index contributed by atoms with van der Waals surface area (Å²) in [7, 11) is 0. The average molecular weight is 261 g/mol. The van der Waals surface area contributed by atoms with Gasteiger partial charge in [0, 0.05) is 18.8 Å². The van der Waals surface area contributed by atoms with Crippen molar-refractivity contribution in [3.63, 3.8) is 0 Å². The summed E-state index contributed by atoms with van der Waals surface area (Å²) in [6, 6.07) is 8.94. The lowest BCUT2D eigenvalue weighted by Crippen LogP contribution is -2.06. The van der Waals surface area contributed by atoms with E-state index in [4.69, 9.17) is 0 Å². The molecule has 0 saturated heterocycles. The van der Waals surface area contributed by atoms with Crippen LogP contribution in [0.15, 0.2) is 42.6 Å². The number of benzene rings is 1. The van der Waals surface area contributed by atoms with Crippen molar-refractivity contribution >= 4 is 11.5 Å². The number of hydrogen-bond donors (Lipinski definition) is 1. The minimum absolute atomic E-state index is 0.000665. The second-order valence-corrected chi connectivity index (χ2v) is 3.96. The van der Waals surface area contributed by atoms with Crippen molar-refractivity contribution in [3.8, 4) is 0 Å². The molecule has 0 bridgehead atoms. The van der Waals surface area contributed by atoms with Gasteiger partial charge in [0.15, 0.2) is 0 Å². The molecular weight excluding hydrogens is 249 g/mol. The Morgan fingerprint density at radius 2 is 2.00 bits per heavy atom. The molecule has 5 nitrogen and oxygen atoms in total. The lowest BCUT2D eigenvalue weighted by molar-refractivity contribution is -0.384. The fraction of sp³-hybridized carbons (Fsp3) is 0.154. The van der Waals surface area contributed by atoms with E-state index in [9.17, 15) is 14.5 Å². The maximum atomic E-state index is 12.7. The second-order valence-electron chi connectivity index (χ2n) is 3.96. The van der Waals surface area contributed by atoms with Crippen molar-refractivity contribution in [3.05, 3.63) is 64.1 Å². The highest BCUT2D eigenvalue weighted by molar-refractivity contribution is 5.44. The van der Waals surface area contributed by atoms with Crippen molar-refractivity contribution in [2.75, 3.05) is 11.9 Å². The van der Waals surface area contributed by atoms with Crippen LogP contribution in [0.3, 0.4) is 0 Å². The van der Waals surface area contributed by atoms with Crippen molar-refractivity contribution in [2.45, 2.75) is 6.42 Å². The molecule has 1 heterocycles. The number of rotatable bonds is 5. The number of halogens is 1. The summed E-state index contributed by atoms with van der Waals surface area (Å²) in [6.45, 7) is 0.569. The lowest BCUT2D eigenvalue weighted by Gasteiger charge is -2.05. The molecule has 2 rings (SSSR count). The molecule has 2 aromatic rings. The molecule has 0 aliphatic carbocycles. The van der Waals surface area contributed by atoms with Gasteiger partial charge in [-0.25, -0.2) is 9.37 Å². The highest BCUT2D eigenvalue weighted by Gasteiger charge is 2.06. The van der Waals surface area contributed by atoms with Crippen molar-refractivity contribution in [2.24, 2.45) is 0 Å². The van der Waals surface area contributed by atoms with Gasteiger partial charge in [-0.05, 0) is 24.1 Å². The molecule has 1 aromatic carbocycles. The second kappa shape index (κ2) is 5.90. The maximum absolute atomic E-state index is 12.7. The predicted octanol–water partition coefficient (Wildman–Crippen LogP) is 2.78. The number of nitro groups is 1. The zero-order valence-corrected chi connectivity index (χ0v) is 10.0. The van der Waals surface area contributed by atoms with Crippen LogP contribution in [0.25, 0.3) is 0 Å². The Kier molecular flexibility index (Phi) is 4.02. The largest absolute Gasteiger partial charge is 0.370 e. The Bertz CT molecular complexity index is 572. The molecule has 19 heavy (non-hydrogen) atoms. The van der Waals surface area contributed by atoms with Crippen LogP contribution in [0.4, 0.5) is 15.9 Å². The molecule has 0 atom stereocenters. The van der Waals surface area contributed by atoms with Crippen molar-refractivity contribution in [1.82, 2.24) is 4.98 Å². The van der Waals surface area contributed by atoms with Gasteiger partial charge in [0.25, 0.3) is 5.69 Å². The Morgan fingerprint density at radius 1 is 1.26 bits per heavy atom. The topological polar surface area (TPSA) is 68.1 Å². The Labute approximate surface area is 109 Å². The van der Waals surface area contributed by atoms with E-state index >= 15 is 0 Å². The van der Waals surface area contributed by atoms with Gasteiger partial charge in [-0.3, -0.25) is 10.1 Å². The van der Waals surface area contributed by atoms with Gasteiger partial charge in [-0.2, -0.15) is 0 Å². The number of aromatic nitrogens is 1. The summed E-state index contributed by atoms with van der Waals surface area (Å²) in [5.74, 6) is 0.188. The van der Waals surface area contributed by atoms with Crippen LogP contribution in [0.1, 0.15) is 5.56 Å². The zero-order chi connectivity index (χ0) is 13.7. The van der Waals surface area contributed by atoms with Gasteiger partial charge >= 0.3 is 0 Å². The van der Waals surface area contributed by atoms with E-state index < -0.39 is 4.92 Å². The van der Waals surface area contributed by atoms with Crippen LogP contribution in [-0.4, -0.2) is 16.5 Å². The van der Waals surface area contributed by atoms with E-state index in [0.717, 1.165) is 5.56 Å². The predicted molar refractivity (Wildman–Crippen MR) is 69.5 cm³/mol. The van der Waals surface area contributed by atoms with Crippen LogP contribution in [0.2, 0.25) is 0 Å². The molecule has 1 N–H and O–H groups in total. The molecule has 6 heteroatoms. The molecule has 0 amide bonds. The minimum Gasteiger partial charge on any atom is -0.370 e. The molecule has 98 valence electrons. The highest BCUT2D eigenvalue weighted by atomic mass is 19.1. The third-order valence-corrected chi connectivity index (χ3v) is 2.59. The van der Waals surface area contributed by atoms with Gasteiger partial charge in [0.2, 0.25) is 0 Å². The van der Waals surface area contributed by atoms with Gasteiger partial charge in [-0.15, -0.1) is 0 Å². The number of hydrogen-bond acceptors (Lipinski definition) is 4. The van der Waals surface area contributed by atoms with Crippen LogP contribution < -0.4 is 5.32 Å². The first-order valence-corrected chi connectivity index (χ1v) is 5.74. The molecule has 0 aliphatic rings. The third-order valence-electron chi connectivity index (χ3n) is 2.59. The van der Waals surface area contributed by atoms with E-state index in [1.54, 1.807) is 12.1 Å². The lowest BCUT2D eigenvalue weighted by atomic mass is 10.1. The molecule has 0 radical (unpaired) electrons. The monoisotopic (exact) mass is 261 g/mol. The fourth-order valence-electron chi connectivity index (χ4n) is 1.62. The SMILES string of the molecule is O=[N+]([O-])c1ccnc(NCCc2ccc(F)cc2)c1. The van der Waals surface area contributed by atoms with Gasteiger partial charge in [0.05, 0.1) is 11.0 Å². The first-order valence-electron chi connectivity index (χ1n) is 5.74. The summed E-state index contributed by atoms with van der Waals surface area (Å²) < 4.78 is 12.7. The zero-order valence-electron chi connectivity index (χ0n) is 10.0. The maximum Gasteiger partial charge on any atom is 0.274 e. The Morgan fingerprint density at radius 3 is 2.68 bits per heavy atom. The molecular formula is C13H12FN3O2. The Hall–Kier alpha value is -2.50. The molecule has 1 aromatic heterocycles. The van der Waals surface area contributed by atoms with E-state index in [2.05, 4.69) is 10.3 Å². The number of pyridine rings is 1. The summed E-state index contributed by atoms with van der Waals surface area (Å²) in [6.07, 6.45) is 2.07. The summed E-state index contributed by atoms with van der Waals surface area (Å²) in [5.41, 5.74) is 0.985.